The predicted octanol–water partition coefficient (Wildman–Crippen LogP) is 2.99. The molecule has 1 unspecified atom stereocenters. The van der Waals surface area contributed by atoms with Crippen LogP contribution in [0.2, 0.25) is 0 Å². The van der Waals surface area contributed by atoms with Crippen LogP contribution in [0.15, 0.2) is 24.3 Å². The normalized spacial score (nSPS) is 24.3. The van der Waals surface area contributed by atoms with Gasteiger partial charge in [-0.2, -0.15) is 0 Å². The van der Waals surface area contributed by atoms with E-state index in [1.807, 2.05) is 6.07 Å². The fourth-order valence-electron chi connectivity index (χ4n) is 2.99. The Morgan fingerprint density at radius 2 is 2.10 bits per heavy atom. The molecule has 0 radical (unpaired) electrons. The Labute approximate surface area is 119 Å². The van der Waals surface area contributed by atoms with Crippen molar-refractivity contribution >= 4 is 5.97 Å². The Morgan fingerprint density at radius 1 is 1.40 bits per heavy atom. The summed E-state index contributed by atoms with van der Waals surface area (Å²) in [6.07, 6.45) is 4.10. The number of hydrogen-bond donors (Lipinski definition) is 2. The molecule has 0 saturated heterocycles. The van der Waals surface area contributed by atoms with Crippen molar-refractivity contribution in [2.75, 3.05) is 0 Å². The van der Waals surface area contributed by atoms with Gasteiger partial charge in [0.25, 0.3) is 0 Å². The standard InChI is InChI=1S/C16H22FNO2/c1-11(9-12-3-2-4-14(17)10-12)18-15-7-5-13(6-8-15)16(19)20/h2-4,10-11,13,15,18H,5-9H2,1H3,(H,19,20). The van der Waals surface area contributed by atoms with E-state index in [0.717, 1.165) is 37.7 Å². The smallest absolute Gasteiger partial charge is 0.306 e. The highest BCUT2D eigenvalue weighted by atomic mass is 19.1. The van der Waals surface area contributed by atoms with Gasteiger partial charge in [-0.15, -0.1) is 0 Å². The highest BCUT2D eigenvalue weighted by molar-refractivity contribution is 5.70. The summed E-state index contributed by atoms with van der Waals surface area (Å²) in [7, 11) is 0. The minimum atomic E-state index is -0.670. The van der Waals surface area contributed by atoms with E-state index in [0.29, 0.717) is 6.04 Å². The van der Waals surface area contributed by atoms with Gasteiger partial charge >= 0.3 is 5.97 Å². The molecule has 2 rings (SSSR count). The van der Waals surface area contributed by atoms with Gasteiger partial charge in [-0.05, 0) is 56.7 Å². The third kappa shape index (κ3) is 4.30. The average molecular weight is 279 g/mol. The fourth-order valence-corrected chi connectivity index (χ4v) is 2.99. The summed E-state index contributed by atoms with van der Waals surface area (Å²) >= 11 is 0. The highest BCUT2D eigenvalue weighted by Crippen LogP contribution is 2.24. The number of carbonyl (C=O) groups is 1. The van der Waals surface area contributed by atoms with E-state index in [-0.39, 0.29) is 17.8 Å². The maximum atomic E-state index is 13.1. The zero-order valence-corrected chi connectivity index (χ0v) is 11.8. The average Bonchev–Trinajstić information content (AvgIpc) is 2.39. The largest absolute Gasteiger partial charge is 0.481 e. The lowest BCUT2D eigenvalue weighted by Crippen LogP contribution is -2.40. The summed E-state index contributed by atoms with van der Waals surface area (Å²) in [4.78, 5) is 10.9. The molecule has 0 spiro atoms. The molecule has 2 N–H and O–H groups in total. The van der Waals surface area contributed by atoms with Gasteiger partial charge in [0.1, 0.15) is 5.82 Å². The molecule has 0 amide bonds. The number of carboxylic acid groups (broad SMARTS) is 1. The van der Waals surface area contributed by atoms with Gasteiger partial charge in [0.2, 0.25) is 0 Å². The third-order valence-electron chi connectivity index (χ3n) is 4.03. The van der Waals surface area contributed by atoms with E-state index in [9.17, 15) is 9.18 Å². The SMILES string of the molecule is CC(Cc1cccc(F)c1)NC1CCC(C(=O)O)CC1. The second-order valence-corrected chi connectivity index (χ2v) is 5.79. The van der Waals surface area contributed by atoms with Crippen molar-refractivity contribution in [3.63, 3.8) is 0 Å². The minimum absolute atomic E-state index is 0.174. The lowest BCUT2D eigenvalue weighted by atomic mass is 9.85. The molecule has 3 nitrogen and oxygen atoms in total. The van der Waals surface area contributed by atoms with E-state index in [4.69, 9.17) is 5.11 Å². The van der Waals surface area contributed by atoms with Crippen LogP contribution in [0.5, 0.6) is 0 Å². The topological polar surface area (TPSA) is 49.3 Å². The first-order valence-corrected chi connectivity index (χ1v) is 7.28. The van der Waals surface area contributed by atoms with Crippen LogP contribution in [0.25, 0.3) is 0 Å². The number of hydrogen-bond acceptors (Lipinski definition) is 2. The maximum Gasteiger partial charge on any atom is 0.306 e. The second kappa shape index (κ2) is 6.84. The number of halogens is 1. The maximum absolute atomic E-state index is 13.1. The van der Waals surface area contributed by atoms with Crippen LogP contribution in [0, 0.1) is 11.7 Å². The van der Waals surface area contributed by atoms with Gasteiger partial charge in [-0.25, -0.2) is 4.39 Å². The first kappa shape index (κ1) is 15.0. The minimum Gasteiger partial charge on any atom is -0.481 e. The van der Waals surface area contributed by atoms with Crippen molar-refractivity contribution in [2.24, 2.45) is 5.92 Å². The molecule has 1 aliphatic rings. The first-order valence-electron chi connectivity index (χ1n) is 7.28. The van der Waals surface area contributed by atoms with Crippen LogP contribution in [0.1, 0.15) is 38.2 Å². The third-order valence-corrected chi connectivity index (χ3v) is 4.03. The van der Waals surface area contributed by atoms with Crippen molar-refractivity contribution < 1.29 is 14.3 Å². The number of carboxylic acids is 1. The molecule has 1 aromatic carbocycles. The molecule has 1 aromatic rings. The molecule has 110 valence electrons. The molecule has 1 atom stereocenters. The molecular weight excluding hydrogens is 257 g/mol. The van der Waals surface area contributed by atoms with Gasteiger partial charge in [0.05, 0.1) is 5.92 Å². The Morgan fingerprint density at radius 3 is 2.70 bits per heavy atom. The van der Waals surface area contributed by atoms with Gasteiger partial charge in [-0.1, -0.05) is 12.1 Å². The molecule has 1 fully saturated rings. The quantitative estimate of drug-likeness (QED) is 0.871. The van der Waals surface area contributed by atoms with Crippen molar-refractivity contribution in [3.8, 4) is 0 Å². The summed E-state index contributed by atoms with van der Waals surface area (Å²) in [6.45, 7) is 2.09. The van der Waals surface area contributed by atoms with Crippen LogP contribution in [-0.4, -0.2) is 23.2 Å². The summed E-state index contributed by atoms with van der Waals surface area (Å²) < 4.78 is 13.1. The van der Waals surface area contributed by atoms with Crippen molar-refractivity contribution in [1.29, 1.82) is 0 Å². The van der Waals surface area contributed by atoms with E-state index in [1.165, 1.54) is 6.07 Å². The Balaban J connectivity index is 1.78. The van der Waals surface area contributed by atoms with Crippen LogP contribution in [0.3, 0.4) is 0 Å². The molecule has 4 heteroatoms. The molecule has 0 aromatic heterocycles. The zero-order valence-electron chi connectivity index (χ0n) is 11.8. The van der Waals surface area contributed by atoms with Gasteiger partial charge in [-0.3, -0.25) is 4.79 Å². The van der Waals surface area contributed by atoms with Gasteiger partial charge in [0, 0.05) is 12.1 Å². The van der Waals surface area contributed by atoms with E-state index in [1.54, 1.807) is 12.1 Å². The van der Waals surface area contributed by atoms with Crippen molar-refractivity contribution in [1.82, 2.24) is 5.32 Å². The van der Waals surface area contributed by atoms with E-state index >= 15 is 0 Å². The number of aliphatic carboxylic acids is 1. The zero-order chi connectivity index (χ0) is 14.5. The van der Waals surface area contributed by atoms with Crippen LogP contribution in [0.4, 0.5) is 4.39 Å². The van der Waals surface area contributed by atoms with Crippen LogP contribution >= 0.6 is 0 Å². The second-order valence-electron chi connectivity index (χ2n) is 5.79. The first-order chi connectivity index (χ1) is 9.54. The number of rotatable bonds is 5. The predicted molar refractivity (Wildman–Crippen MR) is 76.1 cm³/mol. The van der Waals surface area contributed by atoms with Crippen LogP contribution < -0.4 is 5.32 Å². The van der Waals surface area contributed by atoms with Crippen LogP contribution in [-0.2, 0) is 11.2 Å². The lowest BCUT2D eigenvalue weighted by molar-refractivity contribution is -0.142. The van der Waals surface area contributed by atoms with E-state index < -0.39 is 5.97 Å². The number of nitrogens with one attached hydrogen (secondary N) is 1. The molecular formula is C16H22FNO2. The molecule has 1 aliphatic carbocycles. The monoisotopic (exact) mass is 279 g/mol. The Bertz CT molecular complexity index is 456. The molecule has 0 bridgehead atoms. The molecule has 0 heterocycles. The van der Waals surface area contributed by atoms with E-state index in [2.05, 4.69) is 12.2 Å². The van der Waals surface area contributed by atoms with Gasteiger partial charge < -0.3 is 10.4 Å². The van der Waals surface area contributed by atoms with Crippen molar-refractivity contribution in [2.45, 2.75) is 51.1 Å². The summed E-state index contributed by atoms with van der Waals surface area (Å²) in [6, 6.07) is 7.34. The highest BCUT2D eigenvalue weighted by Gasteiger charge is 2.26. The molecule has 0 aliphatic heterocycles. The summed E-state index contributed by atoms with van der Waals surface area (Å²) in [5.74, 6) is -1.04. The lowest BCUT2D eigenvalue weighted by Gasteiger charge is -2.29. The Kier molecular flexibility index (Phi) is 5.12. The summed E-state index contributed by atoms with van der Waals surface area (Å²) in [5.41, 5.74) is 0.990. The van der Waals surface area contributed by atoms with Crippen molar-refractivity contribution in [3.05, 3.63) is 35.6 Å². The fraction of sp³-hybridized carbons (Fsp3) is 0.562. The summed E-state index contributed by atoms with van der Waals surface area (Å²) in [5, 5.41) is 12.5. The number of benzene rings is 1. The molecule has 20 heavy (non-hydrogen) atoms. The Hall–Kier alpha value is -1.42. The molecule has 1 saturated carbocycles. The van der Waals surface area contributed by atoms with Gasteiger partial charge in [0.15, 0.2) is 0 Å².